The first-order valence-electron chi connectivity index (χ1n) is 6.35. The summed E-state index contributed by atoms with van der Waals surface area (Å²) in [6.45, 7) is 1.05. The molecular weight excluding hydrogens is 274 g/mol. The highest BCUT2D eigenvalue weighted by Gasteiger charge is 2.19. The van der Waals surface area contributed by atoms with E-state index in [1.54, 1.807) is 25.6 Å². The van der Waals surface area contributed by atoms with E-state index in [0.29, 0.717) is 13.2 Å². The number of nitrogens with two attached hydrogens (primary N) is 1. The molecule has 0 aliphatic carbocycles. The average Bonchev–Trinajstić information content (AvgIpc) is 2.96. The number of benzene rings is 1. The molecule has 0 aliphatic heterocycles. The largest absolute Gasteiger partial charge is 0.496 e. The second kappa shape index (κ2) is 7.28. The standard InChI is InChI=1S/C15H19NO3S/c1-17-8-9-19-12-6-4-3-5-11(12)14(16)15-13(18-2)7-10-20-15/h3-7,10,14H,8-9,16H2,1-2H3. The molecule has 0 aliphatic rings. The molecule has 1 aromatic heterocycles. The third-order valence-corrected chi connectivity index (χ3v) is 3.94. The molecular formula is C15H19NO3S. The van der Waals surface area contributed by atoms with Gasteiger partial charge in [0.1, 0.15) is 18.1 Å². The Bertz CT molecular complexity index is 541. The number of hydrogen-bond acceptors (Lipinski definition) is 5. The minimum absolute atomic E-state index is 0.260. The highest BCUT2D eigenvalue weighted by molar-refractivity contribution is 7.10. The Kier molecular flexibility index (Phi) is 5.40. The summed E-state index contributed by atoms with van der Waals surface area (Å²) in [7, 11) is 3.30. The zero-order chi connectivity index (χ0) is 14.4. The van der Waals surface area contributed by atoms with E-state index in [1.165, 1.54) is 0 Å². The van der Waals surface area contributed by atoms with Crippen molar-refractivity contribution >= 4 is 11.3 Å². The summed E-state index contributed by atoms with van der Waals surface area (Å²) in [6.07, 6.45) is 0. The number of thiophene rings is 1. The smallest absolute Gasteiger partial charge is 0.134 e. The van der Waals surface area contributed by atoms with Crippen LogP contribution in [0.3, 0.4) is 0 Å². The number of ether oxygens (including phenoxy) is 3. The van der Waals surface area contributed by atoms with Crippen molar-refractivity contribution in [3.8, 4) is 11.5 Å². The van der Waals surface area contributed by atoms with E-state index in [1.807, 2.05) is 35.7 Å². The lowest BCUT2D eigenvalue weighted by Gasteiger charge is -2.17. The predicted molar refractivity (Wildman–Crippen MR) is 80.7 cm³/mol. The Morgan fingerprint density at radius 1 is 1.10 bits per heavy atom. The summed E-state index contributed by atoms with van der Waals surface area (Å²) in [5.41, 5.74) is 7.31. The van der Waals surface area contributed by atoms with Gasteiger partial charge in [-0.25, -0.2) is 0 Å². The van der Waals surface area contributed by atoms with E-state index in [2.05, 4.69) is 0 Å². The van der Waals surface area contributed by atoms with E-state index < -0.39 is 0 Å². The molecule has 4 nitrogen and oxygen atoms in total. The van der Waals surface area contributed by atoms with Crippen LogP contribution in [0.1, 0.15) is 16.5 Å². The molecule has 108 valence electrons. The highest BCUT2D eigenvalue weighted by atomic mass is 32.1. The van der Waals surface area contributed by atoms with Gasteiger partial charge in [0.15, 0.2) is 0 Å². The third kappa shape index (κ3) is 3.30. The molecule has 2 rings (SSSR count). The van der Waals surface area contributed by atoms with Crippen molar-refractivity contribution in [2.45, 2.75) is 6.04 Å². The minimum Gasteiger partial charge on any atom is -0.496 e. The molecule has 0 bridgehead atoms. The van der Waals surface area contributed by atoms with Crippen LogP contribution in [0.2, 0.25) is 0 Å². The fraction of sp³-hybridized carbons (Fsp3) is 0.333. The molecule has 0 fully saturated rings. The lowest BCUT2D eigenvalue weighted by Crippen LogP contribution is -2.14. The quantitative estimate of drug-likeness (QED) is 0.798. The van der Waals surface area contributed by atoms with Crippen LogP contribution in [0.15, 0.2) is 35.7 Å². The van der Waals surface area contributed by atoms with Crippen LogP contribution in [-0.4, -0.2) is 27.4 Å². The molecule has 0 amide bonds. The van der Waals surface area contributed by atoms with E-state index in [0.717, 1.165) is 21.9 Å². The average molecular weight is 293 g/mol. The summed E-state index contributed by atoms with van der Waals surface area (Å²) in [4.78, 5) is 0.996. The first-order chi connectivity index (χ1) is 9.77. The first kappa shape index (κ1) is 14.8. The summed E-state index contributed by atoms with van der Waals surface area (Å²) in [6, 6.07) is 9.46. The molecule has 2 N–H and O–H groups in total. The molecule has 0 saturated heterocycles. The van der Waals surface area contributed by atoms with E-state index in [9.17, 15) is 0 Å². The predicted octanol–water partition coefficient (Wildman–Crippen LogP) is 2.83. The minimum atomic E-state index is -0.260. The molecule has 1 heterocycles. The monoisotopic (exact) mass is 293 g/mol. The Hall–Kier alpha value is -1.56. The zero-order valence-electron chi connectivity index (χ0n) is 11.7. The van der Waals surface area contributed by atoms with Gasteiger partial charge in [-0.1, -0.05) is 18.2 Å². The fourth-order valence-electron chi connectivity index (χ4n) is 1.95. The summed E-state index contributed by atoms with van der Waals surface area (Å²) < 4.78 is 16.1. The Morgan fingerprint density at radius 2 is 1.90 bits per heavy atom. The van der Waals surface area contributed by atoms with Gasteiger partial charge >= 0.3 is 0 Å². The van der Waals surface area contributed by atoms with Gasteiger partial charge in [-0.3, -0.25) is 0 Å². The van der Waals surface area contributed by atoms with Gasteiger partial charge in [-0.15, -0.1) is 11.3 Å². The van der Waals surface area contributed by atoms with E-state index in [4.69, 9.17) is 19.9 Å². The van der Waals surface area contributed by atoms with E-state index in [-0.39, 0.29) is 6.04 Å². The summed E-state index contributed by atoms with van der Waals surface area (Å²) in [5, 5.41) is 1.97. The van der Waals surface area contributed by atoms with Crippen molar-refractivity contribution in [2.75, 3.05) is 27.4 Å². The van der Waals surface area contributed by atoms with E-state index >= 15 is 0 Å². The maximum atomic E-state index is 6.36. The van der Waals surface area contributed by atoms with Crippen LogP contribution in [0, 0.1) is 0 Å². The maximum absolute atomic E-state index is 6.36. The SMILES string of the molecule is COCCOc1ccccc1C(N)c1sccc1OC. The zero-order valence-corrected chi connectivity index (χ0v) is 12.5. The van der Waals surface area contributed by atoms with Crippen molar-refractivity contribution in [1.82, 2.24) is 0 Å². The van der Waals surface area contributed by atoms with Gasteiger partial charge in [0.25, 0.3) is 0 Å². The van der Waals surface area contributed by atoms with Crippen molar-refractivity contribution in [2.24, 2.45) is 5.73 Å². The lowest BCUT2D eigenvalue weighted by molar-refractivity contribution is 0.145. The van der Waals surface area contributed by atoms with Crippen LogP contribution in [0.4, 0.5) is 0 Å². The van der Waals surface area contributed by atoms with Gasteiger partial charge < -0.3 is 19.9 Å². The normalized spacial score (nSPS) is 12.2. The molecule has 0 radical (unpaired) electrons. The third-order valence-electron chi connectivity index (χ3n) is 2.96. The first-order valence-corrected chi connectivity index (χ1v) is 7.23. The van der Waals surface area contributed by atoms with Crippen molar-refractivity contribution in [3.05, 3.63) is 46.2 Å². The number of para-hydroxylation sites is 1. The molecule has 0 spiro atoms. The van der Waals surface area contributed by atoms with Crippen molar-refractivity contribution in [3.63, 3.8) is 0 Å². The lowest BCUT2D eigenvalue weighted by atomic mass is 10.0. The molecule has 1 atom stereocenters. The Balaban J connectivity index is 2.23. The van der Waals surface area contributed by atoms with Crippen LogP contribution in [-0.2, 0) is 4.74 Å². The van der Waals surface area contributed by atoms with Crippen LogP contribution in [0.5, 0.6) is 11.5 Å². The maximum Gasteiger partial charge on any atom is 0.134 e. The van der Waals surface area contributed by atoms with Crippen molar-refractivity contribution in [1.29, 1.82) is 0 Å². The number of methoxy groups -OCH3 is 2. The molecule has 20 heavy (non-hydrogen) atoms. The second-order valence-corrected chi connectivity index (χ2v) is 5.16. The Labute approximate surface area is 123 Å². The second-order valence-electron chi connectivity index (χ2n) is 4.21. The van der Waals surface area contributed by atoms with Crippen LogP contribution in [0.25, 0.3) is 0 Å². The van der Waals surface area contributed by atoms with Crippen LogP contribution < -0.4 is 15.2 Å². The van der Waals surface area contributed by atoms with Gasteiger partial charge in [0, 0.05) is 12.7 Å². The number of hydrogen-bond donors (Lipinski definition) is 1. The fourth-order valence-corrected chi connectivity index (χ4v) is 2.83. The molecule has 0 saturated carbocycles. The van der Waals surface area contributed by atoms with Gasteiger partial charge in [0.05, 0.1) is 24.6 Å². The summed E-state index contributed by atoms with van der Waals surface area (Å²) >= 11 is 1.58. The molecule has 2 aromatic rings. The topological polar surface area (TPSA) is 53.7 Å². The van der Waals surface area contributed by atoms with Crippen molar-refractivity contribution < 1.29 is 14.2 Å². The van der Waals surface area contributed by atoms with Gasteiger partial charge in [0.2, 0.25) is 0 Å². The Morgan fingerprint density at radius 3 is 2.65 bits per heavy atom. The summed E-state index contributed by atoms with van der Waals surface area (Å²) in [5.74, 6) is 1.60. The van der Waals surface area contributed by atoms with Gasteiger partial charge in [-0.2, -0.15) is 0 Å². The number of rotatable bonds is 7. The van der Waals surface area contributed by atoms with Crippen LogP contribution >= 0.6 is 11.3 Å². The van der Waals surface area contributed by atoms with Gasteiger partial charge in [-0.05, 0) is 17.5 Å². The highest BCUT2D eigenvalue weighted by Crippen LogP contribution is 2.36. The molecule has 5 heteroatoms. The molecule has 1 aromatic carbocycles. The molecule has 1 unspecified atom stereocenters.